The van der Waals surface area contributed by atoms with Crippen LogP contribution in [-0.4, -0.2) is 51.2 Å². The molecule has 1 radical (unpaired) electrons. The van der Waals surface area contributed by atoms with Gasteiger partial charge in [-0.05, 0) is 42.6 Å². The standard InChI is InChI=1S/C13H13NO6.2C11H6F2N.Ir/c1-8(2)12(17)19-5-6-20-13(18)9-3-4-10(11(15)16)14-7-9;2*12-8-4-5-9(10(13)7-8)11-3-1-2-6-14-11;/h3-4,7H,1,5-6H2,2H3,(H,15,16);2*1-4,6-7H;/q;2*-1;. The first-order valence-electron chi connectivity index (χ1n) is 13.7. The fraction of sp³-hybridized carbons (Fsp3) is 0.0857. The summed E-state index contributed by atoms with van der Waals surface area (Å²) < 4.78 is 61.1. The minimum atomic E-state index is -1.18. The van der Waals surface area contributed by atoms with Crippen LogP contribution >= 0.6 is 0 Å². The molecule has 5 aromatic rings. The van der Waals surface area contributed by atoms with Gasteiger partial charge in [-0.15, -0.1) is 24.3 Å². The maximum Gasteiger partial charge on any atom is 0.354 e. The molecular formula is C35H25F4IrN3O6-2. The summed E-state index contributed by atoms with van der Waals surface area (Å²) in [6.45, 7) is 4.71. The zero-order valence-electron chi connectivity index (χ0n) is 25.5. The molecule has 0 fully saturated rings. The number of carbonyl (C=O) groups excluding carboxylic acids is 2. The molecule has 3 aromatic heterocycles. The van der Waals surface area contributed by atoms with Gasteiger partial charge in [0.15, 0.2) is 0 Å². The van der Waals surface area contributed by atoms with Crippen molar-refractivity contribution in [2.24, 2.45) is 0 Å². The Labute approximate surface area is 291 Å². The van der Waals surface area contributed by atoms with Crippen molar-refractivity contribution in [1.29, 1.82) is 0 Å². The van der Waals surface area contributed by atoms with E-state index in [4.69, 9.17) is 14.6 Å². The molecule has 0 saturated carbocycles. The second-order valence-corrected chi connectivity index (χ2v) is 9.30. The number of rotatable bonds is 8. The number of benzene rings is 2. The average molecular weight is 852 g/mol. The minimum Gasteiger partial charge on any atom is -0.477 e. The van der Waals surface area contributed by atoms with Crippen LogP contribution in [0.25, 0.3) is 22.5 Å². The van der Waals surface area contributed by atoms with Crippen molar-refractivity contribution in [3.05, 3.63) is 150 Å². The van der Waals surface area contributed by atoms with Gasteiger partial charge in [0.25, 0.3) is 0 Å². The van der Waals surface area contributed by atoms with Crippen LogP contribution in [0, 0.1) is 35.4 Å². The Balaban J connectivity index is 0.000000258. The van der Waals surface area contributed by atoms with E-state index in [9.17, 15) is 31.9 Å². The molecule has 255 valence electrons. The van der Waals surface area contributed by atoms with Gasteiger partial charge in [-0.3, -0.25) is 17.6 Å². The van der Waals surface area contributed by atoms with Crippen molar-refractivity contribution in [1.82, 2.24) is 15.0 Å². The number of halogens is 4. The molecule has 2 aromatic carbocycles. The first-order chi connectivity index (χ1) is 23.0. The zero-order valence-corrected chi connectivity index (χ0v) is 27.9. The van der Waals surface area contributed by atoms with Crippen LogP contribution in [-0.2, 0) is 34.4 Å². The van der Waals surface area contributed by atoms with Crippen molar-refractivity contribution < 1.29 is 66.6 Å². The number of aromatic nitrogens is 3. The molecule has 0 spiro atoms. The number of nitrogens with zero attached hydrogens (tertiary/aromatic N) is 3. The zero-order chi connectivity index (χ0) is 35.1. The molecule has 0 atom stereocenters. The number of hydrogen-bond acceptors (Lipinski definition) is 8. The van der Waals surface area contributed by atoms with Gasteiger partial charge < -0.3 is 24.5 Å². The second kappa shape index (κ2) is 19.9. The molecule has 1 N–H and O–H groups in total. The van der Waals surface area contributed by atoms with E-state index < -0.39 is 41.2 Å². The van der Waals surface area contributed by atoms with Crippen LogP contribution in [0.15, 0.2) is 104 Å². The largest absolute Gasteiger partial charge is 0.477 e. The normalized spacial score (nSPS) is 9.73. The molecule has 0 saturated heterocycles. The molecule has 49 heavy (non-hydrogen) atoms. The van der Waals surface area contributed by atoms with Crippen molar-refractivity contribution in [2.45, 2.75) is 6.92 Å². The third-order valence-corrected chi connectivity index (χ3v) is 5.67. The Hall–Kier alpha value is -5.59. The van der Waals surface area contributed by atoms with Crippen molar-refractivity contribution in [2.75, 3.05) is 13.2 Å². The minimum absolute atomic E-state index is 0. The van der Waals surface area contributed by atoms with Gasteiger partial charge in [-0.1, -0.05) is 54.1 Å². The van der Waals surface area contributed by atoms with Crippen LogP contribution in [0.4, 0.5) is 17.6 Å². The van der Waals surface area contributed by atoms with Crippen molar-refractivity contribution in [3.8, 4) is 22.5 Å². The summed E-state index contributed by atoms with van der Waals surface area (Å²) in [6, 6.07) is 21.5. The third-order valence-electron chi connectivity index (χ3n) is 5.67. The summed E-state index contributed by atoms with van der Waals surface area (Å²) in [5, 5.41) is 8.65. The number of esters is 2. The number of carbonyl (C=O) groups is 3. The molecule has 0 aliphatic rings. The van der Waals surface area contributed by atoms with E-state index >= 15 is 0 Å². The Morgan fingerprint density at radius 1 is 0.776 bits per heavy atom. The summed E-state index contributed by atoms with van der Waals surface area (Å²) in [7, 11) is 0. The van der Waals surface area contributed by atoms with Crippen LogP contribution in [0.2, 0.25) is 0 Å². The molecule has 0 bridgehead atoms. The van der Waals surface area contributed by atoms with Crippen LogP contribution in [0.3, 0.4) is 0 Å². The molecule has 0 amide bonds. The number of ether oxygens (including phenoxy) is 2. The van der Waals surface area contributed by atoms with E-state index in [0.717, 1.165) is 30.5 Å². The van der Waals surface area contributed by atoms with E-state index in [1.807, 2.05) is 0 Å². The number of aromatic carboxylic acids is 1. The third kappa shape index (κ3) is 12.9. The fourth-order valence-corrected chi connectivity index (χ4v) is 3.42. The predicted octanol–water partition coefficient (Wildman–Crippen LogP) is 6.71. The van der Waals surface area contributed by atoms with Gasteiger partial charge in [0.05, 0.1) is 5.56 Å². The summed E-state index contributed by atoms with van der Waals surface area (Å²) >= 11 is 0. The van der Waals surface area contributed by atoms with Gasteiger partial charge in [0, 0.05) is 67.5 Å². The van der Waals surface area contributed by atoms with Crippen LogP contribution in [0.1, 0.15) is 27.8 Å². The Kier molecular flexibility index (Phi) is 16.1. The molecule has 14 heteroatoms. The van der Waals surface area contributed by atoms with Gasteiger partial charge in [-0.25, -0.2) is 19.4 Å². The summed E-state index contributed by atoms with van der Waals surface area (Å²) in [6.07, 6.45) is 4.20. The first-order valence-corrected chi connectivity index (χ1v) is 13.7. The van der Waals surface area contributed by atoms with Crippen molar-refractivity contribution >= 4 is 17.9 Å². The predicted molar refractivity (Wildman–Crippen MR) is 164 cm³/mol. The van der Waals surface area contributed by atoms with Gasteiger partial charge in [-0.2, -0.15) is 0 Å². The molecular weight excluding hydrogens is 827 g/mol. The smallest absolute Gasteiger partial charge is 0.354 e. The Morgan fingerprint density at radius 3 is 1.67 bits per heavy atom. The summed E-state index contributed by atoms with van der Waals surface area (Å²) in [5.74, 6) is -5.00. The van der Waals surface area contributed by atoms with Gasteiger partial charge >= 0.3 is 17.9 Å². The molecule has 0 aliphatic heterocycles. The maximum atomic E-state index is 13.2. The fourth-order valence-electron chi connectivity index (χ4n) is 3.42. The first kappa shape index (κ1) is 39.6. The van der Waals surface area contributed by atoms with Crippen LogP contribution < -0.4 is 0 Å². The van der Waals surface area contributed by atoms with Crippen LogP contribution in [0.5, 0.6) is 0 Å². The maximum absolute atomic E-state index is 13.2. The molecule has 0 aliphatic carbocycles. The van der Waals surface area contributed by atoms with E-state index in [-0.39, 0.29) is 61.3 Å². The molecule has 3 heterocycles. The molecule has 9 nitrogen and oxygen atoms in total. The number of carboxylic acid groups (broad SMARTS) is 1. The monoisotopic (exact) mass is 852 g/mol. The van der Waals surface area contributed by atoms with E-state index in [1.165, 1.54) is 19.1 Å². The molecule has 5 rings (SSSR count). The Morgan fingerprint density at radius 2 is 1.29 bits per heavy atom. The van der Waals surface area contributed by atoms with E-state index in [1.54, 1.807) is 48.8 Å². The second-order valence-electron chi connectivity index (χ2n) is 9.30. The summed E-state index contributed by atoms with van der Waals surface area (Å²) in [4.78, 5) is 44.6. The topological polar surface area (TPSA) is 129 Å². The quantitative estimate of drug-likeness (QED) is 0.0596. The van der Waals surface area contributed by atoms with Crippen molar-refractivity contribution in [3.63, 3.8) is 0 Å². The van der Waals surface area contributed by atoms with E-state index in [2.05, 4.69) is 33.7 Å². The number of pyridine rings is 3. The summed E-state index contributed by atoms with van der Waals surface area (Å²) in [5.41, 5.74) is 1.47. The number of hydrogen-bond donors (Lipinski definition) is 1. The SMILES string of the molecule is C=C(C)C(=O)OCCOC(=O)c1ccc(C(=O)O)nc1.Fc1c[c-]c(-c2ccccn2)c(F)c1.Fc1c[c-]c(-c2ccccn2)c(F)c1.[Ir]. The van der Waals surface area contributed by atoms with Gasteiger partial charge in [0.2, 0.25) is 0 Å². The van der Waals surface area contributed by atoms with Gasteiger partial charge in [0.1, 0.15) is 18.9 Å². The van der Waals surface area contributed by atoms with E-state index in [0.29, 0.717) is 11.4 Å². The Bertz CT molecular complexity index is 1780. The number of carboxylic acids is 1. The average Bonchev–Trinajstić information content (AvgIpc) is 3.08. The molecule has 0 unspecified atom stereocenters.